The summed E-state index contributed by atoms with van der Waals surface area (Å²) in [5, 5.41) is 0. The molecule has 0 N–H and O–H groups in total. The number of carbonyl (C=O) groups is 2. The van der Waals surface area contributed by atoms with E-state index in [1.54, 1.807) is 17.3 Å². The maximum absolute atomic E-state index is 13.3. The lowest BCUT2D eigenvalue weighted by Gasteiger charge is -2.34. The van der Waals surface area contributed by atoms with Gasteiger partial charge >= 0.3 is 0 Å². The topological polar surface area (TPSA) is 53.5 Å². The normalized spacial score (nSPS) is 20.1. The van der Waals surface area contributed by atoms with Gasteiger partial charge in [-0.25, -0.2) is 0 Å². The Labute approximate surface area is 160 Å². The molecule has 0 aliphatic carbocycles. The summed E-state index contributed by atoms with van der Waals surface area (Å²) >= 11 is 0. The van der Waals surface area contributed by atoms with Gasteiger partial charge in [-0.3, -0.25) is 14.6 Å². The number of hydrogen-bond acceptors (Lipinski definition) is 3. The number of benzene rings is 1. The number of hydrogen-bond donors (Lipinski definition) is 0. The van der Waals surface area contributed by atoms with Crippen LogP contribution < -0.4 is 4.90 Å². The highest BCUT2D eigenvalue weighted by molar-refractivity contribution is 6.01. The average molecular weight is 363 g/mol. The van der Waals surface area contributed by atoms with Gasteiger partial charge < -0.3 is 9.80 Å². The van der Waals surface area contributed by atoms with Gasteiger partial charge in [0.25, 0.3) is 0 Å². The molecule has 140 valence electrons. The first-order valence-corrected chi connectivity index (χ1v) is 9.82. The number of carbonyl (C=O) groups excluding carboxylic acids is 2. The van der Waals surface area contributed by atoms with Crippen LogP contribution in [-0.4, -0.2) is 34.8 Å². The molecule has 2 aliphatic rings. The van der Waals surface area contributed by atoms with Crippen LogP contribution in [0.5, 0.6) is 0 Å². The number of aromatic nitrogens is 1. The second-order valence-corrected chi connectivity index (χ2v) is 7.34. The van der Waals surface area contributed by atoms with E-state index in [0.29, 0.717) is 6.42 Å². The van der Waals surface area contributed by atoms with Gasteiger partial charge in [0.1, 0.15) is 6.54 Å². The van der Waals surface area contributed by atoms with E-state index in [-0.39, 0.29) is 24.4 Å². The van der Waals surface area contributed by atoms with E-state index in [1.807, 2.05) is 41.3 Å². The van der Waals surface area contributed by atoms with Crippen LogP contribution in [0.4, 0.5) is 5.69 Å². The van der Waals surface area contributed by atoms with E-state index < -0.39 is 0 Å². The Morgan fingerprint density at radius 2 is 1.85 bits per heavy atom. The molecule has 0 spiro atoms. The molecule has 2 amide bonds. The molecule has 1 aromatic carbocycles. The molecule has 0 bridgehead atoms. The molecule has 1 fully saturated rings. The molecular weight excluding hydrogens is 338 g/mol. The lowest BCUT2D eigenvalue weighted by atomic mass is 10.0. The zero-order chi connectivity index (χ0) is 18.6. The molecule has 0 radical (unpaired) electrons. The molecule has 2 aliphatic heterocycles. The highest BCUT2D eigenvalue weighted by atomic mass is 16.2. The Morgan fingerprint density at radius 3 is 2.70 bits per heavy atom. The Kier molecular flexibility index (Phi) is 5.19. The Morgan fingerprint density at radius 1 is 1.04 bits per heavy atom. The lowest BCUT2D eigenvalue weighted by Crippen LogP contribution is -2.46. The van der Waals surface area contributed by atoms with Crippen molar-refractivity contribution < 1.29 is 9.59 Å². The molecule has 27 heavy (non-hydrogen) atoms. The zero-order valence-corrected chi connectivity index (χ0v) is 15.5. The molecule has 2 aromatic rings. The second kappa shape index (κ2) is 7.91. The van der Waals surface area contributed by atoms with Crippen LogP contribution in [-0.2, 0) is 16.0 Å². The van der Waals surface area contributed by atoms with Gasteiger partial charge in [-0.15, -0.1) is 0 Å². The number of pyridine rings is 1. The average Bonchev–Trinajstić information content (AvgIpc) is 2.97. The number of para-hydroxylation sites is 1. The first-order chi connectivity index (χ1) is 13.2. The summed E-state index contributed by atoms with van der Waals surface area (Å²) in [5.41, 5.74) is 3.16. The van der Waals surface area contributed by atoms with Gasteiger partial charge in [0, 0.05) is 31.0 Å². The summed E-state index contributed by atoms with van der Waals surface area (Å²) in [4.78, 5) is 33.6. The number of aryl methyl sites for hydroxylation is 1. The van der Waals surface area contributed by atoms with Crippen molar-refractivity contribution in [2.24, 2.45) is 0 Å². The monoisotopic (exact) mass is 363 g/mol. The van der Waals surface area contributed by atoms with Gasteiger partial charge in [0.2, 0.25) is 11.8 Å². The maximum Gasteiger partial charge on any atom is 0.243 e. The van der Waals surface area contributed by atoms with Crippen LogP contribution in [0.15, 0.2) is 48.8 Å². The number of likely N-dealkylation sites (tertiary alicyclic amines) is 1. The largest absolute Gasteiger partial charge is 0.334 e. The predicted octanol–water partition coefficient (Wildman–Crippen LogP) is 3.50. The smallest absolute Gasteiger partial charge is 0.243 e. The molecule has 1 unspecified atom stereocenters. The van der Waals surface area contributed by atoms with Crippen molar-refractivity contribution in [3.8, 4) is 0 Å². The van der Waals surface area contributed by atoms with Crippen molar-refractivity contribution in [3.63, 3.8) is 0 Å². The number of anilines is 1. The van der Waals surface area contributed by atoms with E-state index in [0.717, 1.165) is 55.5 Å². The quantitative estimate of drug-likeness (QED) is 0.839. The minimum absolute atomic E-state index is 0.0313. The van der Waals surface area contributed by atoms with Gasteiger partial charge in [0.05, 0.1) is 6.04 Å². The molecular formula is C22H25N3O2. The highest BCUT2D eigenvalue weighted by Crippen LogP contribution is 2.31. The van der Waals surface area contributed by atoms with E-state index >= 15 is 0 Å². The van der Waals surface area contributed by atoms with Crippen molar-refractivity contribution in [1.82, 2.24) is 9.88 Å². The highest BCUT2D eigenvalue weighted by Gasteiger charge is 2.31. The first kappa shape index (κ1) is 17.7. The summed E-state index contributed by atoms with van der Waals surface area (Å²) in [6, 6.07) is 12.0. The summed E-state index contributed by atoms with van der Waals surface area (Å²) in [6.45, 7) is 0.868. The molecule has 5 nitrogen and oxygen atoms in total. The number of amides is 2. The SMILES string of the molecule is O=C1CCc2ccccc2N1CC(=O)N1CCCCCC1c1ccncc1. The predicted molar refractivity (Wildman–Crippen MR) is 104 cm³/mol. The van der Waals surface area contributed by atoms with Crippen molar-refractivity contribution in [3.05, 3.63) is 59.9 Å². The number of fused-ring (bicyclic) bond motifs is 1. The van der Waals surface area contributed by atoms with E-state index in [1.165, 1.54) is 0 Å². The maximum atomic E-state index is 13.3. The van der Waals surface area contributed by atoms with Crippen LogP contribution in [0.1, 0.15) is 49.3 Å². The van der Waals surface area contributed by atoms with Crippen LogP contribution >= 0.6 is 0 Å². The third-order valence-corrected chi connectivity index (χ3v) is 5.65. The third-order valence-electron chi connectivity index (χ3n) is 5.65. The van der Waals surface area contributed by atoms with Crippen molar-refractivity contribution in [2.75, 3.05) is 18.0 Å². The fraction of sp³-hybridized carbons (Fsp3) is 0.409. The van der Waals surface area contributed by atoms with Crippen LogP contribution in [0, 0.1) is 0 Å². The fourth-order valence-corrected chi connectivity index (χ4v) is 4.23. The van der Waals surface area contributed by atoms with Crippen LogP contribution in [0.2, 0.25) is 0 Å². The van der Waals surface area contributed by atoms with Gasteiger partial charge in [-0.1, -0.05) is 31.0 Å². The van der Waals surface area contributed by atoms with Crippen molar-refractivity contribution >= 4 is 17.5 Å². The molecule has 1 atom stereocenters. The van der Waals surface area contributed by atoms with E-state index in [2.05, 4.69) is 4.98 Å². The lowest BCUT2D eigenvalue weighted by molar-refractivity contribution is -0.133. The minimum atomic E-state index is 0.0313. The molecule has 3 heterocycles. The molecule has 5 heteroatoms. The van der Waals surface area contributed by atoms with Crippen molar-refractivity contribution in [2.45, 2.75) is 44.6 Å². The summed E-state index contributed by atoms with van der Waals surface area (Å²) in [7, 11) is 0. The molecule has 4 rings (SSSR count). The van der Waals surface area contributed by atoms with Crippen LogP contribution in [0.25, 0.3) is 0 Å². The van der Waals surface area contributed by atoms with Gasteiger partial charge in [0.15, 0.2) is 0 Å². The Hall–Kier alpha value is -2.69. The fourth-order valence-electron chi connectivity index (χ4n) is 4.23. The molecule has 1 aromatic heterocycles. The summed E-state index contributed by atoms with van der Waals surface area (Å²) in [5.74, 6) is 0.0705. The van der Waals surface area contributed by atoms with Gasteiger partial charge in [-0.05, 0) is 48.6 Å². The summed E-state index contributed by atoms with van der Waals surface area (Å²) in [6.07, 6.45) is 9.01. The van der Waals surface area contributed by atoms with E-state index in [4.69, 9.17) is 0 Å². The molecule has 0 saturated carbocycles. The first-order valence-electron chi connectivity index (χ1n) is 9.82. The standard InChI is InChI=1S/C22H25N3O2/c26-21-10-9-17-6-3-4-8-20(17)25(21)16-22(27)24-15-5-1-2-7-19(24)18-11-13-23-14-12-18/h3-4,6,8,11-14,19H,1-2,5,7,9-10,15-16H2. The van der Waals surface area contributed by atoms with E-state index in [9.17, 15) is 9.59 Å². The third kappa shape index (κ3) is 3.72. The second-order valence-electron chi connectivity index (χ2n) is 7.34. The summed E-state index contributed by atoms with van der Waals surface area (Å²) < 4.78 is 0. The zero-order valence-electron chi connectivity index (χ0n) is 15.5. The Bertz CT molecular complexity index is 821. The Balaban J connectivity index is 1.58. The van der Waals surface area contributed by atoms with Gasteiger partial charge in [-0.2, -0.15) is 0 Å². The number of rotatable bonds is 3. The van der Waals surface area contributed by atoms with Crippen molar-refractivity contribution in [1.29, 1.82) is 0 Å². The van der Waals surface area contributed by atoms with Crippen LogP contribution in [0.3, 0.4) is 0 Å². The molecule has 1 saturated heterocycles. The number of nitrogens with zero attached hydrogens (tertiary/aromatic N) is 3. The minimum Gasteiger partial charge on any atom is -0.334 e.